The normalized spacial score (nSPS) is 13.8. The number of carbonyl (C=O) groups is 1. The smallest absolute Gasteiger partial charge is 0.161 e. The maximum Gasteiger partial charge on any atom is 0.161 e. The molecule has 3 nitrogen and oxygen atoms in total. The summed E-state index contributed by atoms with van der Waals surface area (Å²) in [5.41, 5.74) is 1.84. The predicted molar refractivity (Wildman–Crippen MR) is 100 cm³/mol. The molecular formula is C21H21ClO3. The number of hydrogen-bond donors (Lipinski definition) is 0. The molecule has 0 heterocycles. The minimum absolute atomic E-state index is 0.206. The number of rotatable bonds is 8. The third kappa shape index (κ3) is 4.86. The molecule has 0 bridgehead atoms. The van der Waals surface area contributed by atoms with Crippen LogP contribution in [0.25, 0.3) is 6.08 Å². The summed E-state index contributed by atoms with van der Waals surface area (Å²) in [6, 6.07) is 13.3. The van der Waals surface area contributed by atoms with Crippen LogP contribution in [0.1, 0.15) is 30.9 Å². The highest BCUT2D eigenvalue weighted by atomic mass is 35.5. The van der Waals surface area contributed by atoms with Crippen LogP contribution in [0, 0.1) is 5.92 Å². The van der Waals surface area contributed by atoms with E-state index in [9.17, 15) is 4.79 Å². The van der Waals surface area contributed by atoms with E-state index in [1.165, 1.54) is 0 Å². The molecule has 0 unspecified atom stereocenters. The van der Waals surface area contributed by atoms with Gasteiger partial charge in [-0.05, 0) is 49.6 Å². The third-order valence-corrected chi connectivity index (χ3v) is 4.40. The lowest BCUT2D eigenvalue weighted by Gasteiger charge is -2.13. The molecule has 1 saturated carbocycles. The molecule has 0 radical (unpaired) electrons. The van der Waals surface area contributed by atoms with E-state index in [-0.39, 0.29) is 11.7 Å². The number of benzene rings is 2. The lowest BCUT2D eigenvalue weighted by Crippen LogP contribution is -2.00. The molecule has 1 aliphatic rings. The van der Waals surface area contributed by atoms with Crippen molar-refractivity contribution in [2.45, 2.75) is 26.4 Å². The largest absolute Gasteiger partial charge is 0.490 e. The predicted octanol–water partition coefficient (Wildman–Crippen LogP) is 5.31. The van der Waals surface area contributed by atoms with E-state index in [0.717, 1.165) is 24.0 Å². The number of ether oxygens (including phenoxy) is 2. The summed E-state index contributed by atoms with van der Waals surface area (Å²) in [5.74, 6) is 1.76. The van der Waals surface area contributed by atoms with Gasteiger partial charge < -0.3 is 9.47 Å². The number of hydrogen-bond acceptors (Lipinski definition) is 3. The van der Waals surface area contributed by atoms with Crippen molar-refractivity contribution in [2.75, 3.05) is 6.61 Å². The maximum atomic E-state index is 11.8. The van der Waals surface area contributed by atoms with Crippen molar-refractivity contribution >= 4 is 23.5 Å². The van der Waals surface area contributed by atoms with Crippen molar-refractivity contribution in [3.05, 3.63) is 64.7 Å². The highest BCUT2D eigenvalue weighted by Crippen LogP contribution is 2.32. The van der Waals surface area contributed by atoms with Gasteiger partial charge in [-0.1, -0.05) is 41.9 Å². The molecule has 130 valence electrons. The molecule has 0 N–H and O–H groups in total. The van der Waals surface area contributed by atoms with Crippen LogP contribution in [-0.4, -0.2) is 12.4 Å². The van der Waals surface area contributed by atoms with E-state index in [1.807, 2.05) is 55.5 Å². The van der Waals surface area contributed by atoms with E-state index in [2.05, 4.69) is 0 Å². The SMILES string of the molecule is CCOc1cc(C=CC(=O)C2CC2)ccc1OCc1ccccc1Cl. The summed E-state index contributed by atoms with van der Waals surface area (Å²) in [6.45, 7) is 2.84. The fourth-order valence-corrected chi connectivity index (χ4v) is 2.66. The van der Waals surface area contributed by atoms with Crippen molar-refractivity contribution in [2.24, 2.45) is 5.92 Å². The molecule has 25 heavy (non-hydrogen) atoms. The van der Waals surface area contributed by atoms with Crippen LogP contribution in [0.15, 0.2) is 48.5 Å². The molecule has 0 spiro atoms. The zero-order chi connectivity index (χ0) is 17.6. The first kappa shape index (κ1) is 17.6. The van der Waals surface area contributed by atoms with Gasteiger partial charge in [-0.2, -0.15) is 0 Å². The summed E-state index contributed by atoms with van der Waals surface area (Å²) < 4.78 is 11.6. The molecule has 0 saturated heterocycles. The Morgan fingerprint density at radius 3 is 2.68 bits per heavy atom. The first-order chi connectivity index (χ1) is 12.2. The monoisotopic (exact) mass is 356 g/mol. The summed E-state index contributed by atoms with van der Waals surface area (Å²) >= 11 is 6.17. The minimum atomic E-state index is 0.206. The van der Waals surface area contributed by atoms with Gasteiger partial charge in [-0.15, -0.1) is 0 Å². The maximum absolute atomic E-state index is 11.8. The van der Waals surface area contributed by atoms with E-state index in [4.69, 9.17) is 21.1 Å². The number of halogens is 1. The third-order valence-electron chi connectivity index (χ3n) is 4.03. The van der Waals surface area contributed by atoms with Crippen LogP contribution in [0.5, 0.6) is 11.5 Å². The molecule has 2 aromatic rings. The Bertz CT molecular complexity index is 778. The molecule has 0 atom stereocenters. The second kappa shape index (κ2) is 8.21. The average molecular weight is 357 g/mol. The van der Waals surface area contributed by atoms with Crippen LogP contribution in [0.2, 0.25) is 5.02 Å². The highest BCUT2D eigenvalue weighted by Gasteiger charge is 2.27. The Morgan fingerprint density at radius 2 is 1.96 bits per heavy atom. The van der Waals surface area contributed by atoms with Crippen LogP contribution >= 0.6 is 11.6 Å². The zero-order valence-corrected chi connectivity index (χ0v) is 15.0. The number of allylic oxidation sites excluding steroid dienone is 1. The van der Waals surface area contributed by atoms with Crippen molar-refractivity contribution in [1.82, 2.24) is 0 Å². The van der Waals surface area contributed by atoms with Gasteiger partial charge in [0.25, 0.3) is 0 Å². The molecular weight excluding hydrogens is 336 g/mol. The van der Waals surface area contributed by atoms with E-state index < -0.39 is 0 Å². The number of carbonyl (C=O) groups excluding carboxylic acids is 1. The second-order valence-electron chi connectivity index (χ2n) is 6.03. The molecule has 0 aromatic heterocycles. The van der Waals surface area contributed by atoms with Gasteiger partial charge in [0, 0.05) is 16.5 Å². The van der Waals surface area contributed by atoms with Crippen LogP contribution in [0.3, 0.4) is 0 Å². The standard InChI is InChI=1S/C21H21ClO3/c1-2-24-21-13-15(7-11-19(23)16-9-10-16)8-12-20(21)25-14-17-5-3-4-6-18(17)22/h3-8,11-13,16H,2,9-10,14H2,1H3. The van der Waals surface area contributed by atoms with Gasteiger partial charge in [0.15, 0.2) is 17.3 Å². The van der Waals surface area contributed by atoms with E-state index >= 15 is 0 Å². The van der Waals surface area contributed by atoms with Gasteiger partial charge in [0.2, 0.25) is 0 Å². The Hall–Kier alpha value is -2.26. The van der Waals surface area contributed by atoms with Gasteiger partial charge in [-0.25, -0.2) is 0 Å². The lowest BCUT2D eigenvalue weighted by molar-refractivity contribution is -0.115. The van der Waals surface area contributed by atoms with E-state index in [1.54, 1.807) is 6.08 Å². The molecule has 0 amide bonds. The molecule has 0 aliphatic heterocycles. The Kier molecular flexibility index (Phi) is 5.77. The van der Waals surface area contributed by atoms with Gasteiger partial charge in [0.05, 0.1) is 6.61 Å². The van der Waals surface area contributed by atoms with Crippen molar-refractivity contribution < 1.29 is 14.3 Å². The van der Waals surface area contributed by atoms with Crippen LogP contribution in [0.4, 0.5) is 0 Å². The Labute approximate surface area is 153 Å². The van der Waals surface area contributed by atoms with Crippen LogP contribution in [-0.2, 0) is 11.4 Å². The van der Waals surface area contributed by atoms with Gasteiger partial charge in [-0.3, -0.25) is 4.79 Å². The Morgan fingerprint density at radius 1 is 1.16 bits per heavy atom. The zero-order valence-electron chi connectivity index (χ0n) is 14.2. The summed E-state index contributed by atoms with van der Waals surface area (Å²) in [5, 5.41) is 0.679. The van der Waals surface area contributed by atoms with Gasteiger partial charge >= 0.3 is 0 Å². The van der Waals surface area contributed by atoms with Crippen molar-refractivity contribution in [1.29, 1.82) is 0 Å². The molecule has 3 rings (SSSR count). The quantitative estimate of drug-likeness (QED) is 0.601. The van der Waals surface area contributed by atoms with Crippen molar-refractivity contribution in [3.63, 3.8) is 0 Å². The summed E-state index contributed by atoms with van der Waals surface area (Å²) in [4.78, 5) is 11.8. The topological polar surface area (TPSA) is 35.5 Å². The minimum Gasteiger partial charge on any atom is -0.490 e. The average Bonchev–Trinajstić information content (AvgIpc) is 3.45. The lowest BCUT2D eigenvalue weighted by atomic mass is 10.1. The molecule has 4 heteroatoms. The number of ketones is 1. The first-order valence-electron chi connectivity index (χ1n) is 8.52. The Balaban J connectivity index is 1.72. The highest BCUT2D eigenvalue weighted by molar-refractivity contribution is 6.31. The second-order valence-corrected chi connectivity index (χ2v) is 6.44. The fourth-order valence-electron chi connectivity index (χ4n) is 2.47. The fraction of sp³-hybridized carbons (Fsp3) is 0.286. The molecule has 2 aromatic carbocycles. The van der Waals surface area contributed by atoms with E-state index in [0.29, 0.717) is 29.7 Å². The van der Waals surface area contributed by atoms with Crippen LogP contribution < -0.4 is 9.47 Å². The summed E-state index contributed by atoms with van der Waals surface area (Å²) in [7, 11) is 0. The first-order valence-corrected chi connectivity index (χ1v) is 8.90. The van der Waals surface area contributed by atoms with Crippen molar-refractivity contribution in [3.8, 4) is 11.5 Å². The molecule has 1 aliphatic carbocycles. The summed E-state index contributed by atoms with van der Waals surface area (Å²) in [6.07, 6.45) is 5.53. The van der Waals surface area contributed by atoms with Gasteiger partial charge in [0.1, 0.15) is 6.61 Å². The molecule has 1 fully saturated rings.